The third-order valence-electron chi connectivity index (χ3n) is 5.35. The van der Waals surface area contributed by atoms with Crippen molar-refractivity contribution in [2.24, 2.45) is 0 Å². The molecule has 0 unspecified atom stereocenters. The van der Waals surface area contributed by atoms with Gasteiger partial charge in [0.25, 0.3) is 0 Å². The van der Waals surface area contributed by atoms with Gasteiger partial charge in [0.1, 0.15) is 17.0 Å². The van der Waals surface area contributed by atoms with Crippen molar-refractivity contribution in [3.05, 3.63) is 70.9 Å². The summed E-state index contributed by atoms with van der Waals surface area (Å²) in [4.78, 5) is 23.6. The number of benzene rings is 2. The highest BCUT2D eigenvalue weighted by Gasteiger charge is 2.16. The number of aryl methyl sites for hydroxylation is 3. The molecule has 0 aliphatic heterocycles. The molecule has 0 aliphatic rings. The molecule has 6 heteroatoms. The zero-order chi connectivity index (χ0) is 21.8. The van der Waals surface area contributed by atoms with Crippen LogP contribution in [-0.2, 0) is 4.79 Å². The molecule has 0 bridgehead atoms. The van der Waals surface area contributed by atoms with E-state index in [9.17, 15) is 4.79 Å². The Hall–Kier alpha value is -3.25. The Bertz CT molecular complexity index is 1200. The second-order valence-corrected chi connectivity index (χ2v) is 8.85. The van der Waals surface area contributed by atoms with Gasteiger partial charge in [0.15, 0.2) is 0 Å². The first-order chi connectivity index (χ1) is 15.0. The van der Waals surface area contributed by atoms with Crippen LogP contribution in [0.15, 0.2) is 54.9 Å². The molecule has 0 aliphatic carbocycles. The van der Waals surface area contributed by atoms with Crippen molar-refractivity contribution < 1.29 is 4.79 Å². The summed E-state index contributed by atoms with van der Waals surface area (Å²) in [6.07, 6.45) is 2.76. The Balaban J connectivity index is 1.43. The predicted octanol–water partition coefficient (Wildman–Crippen LogP) is 6.11. The van der Waals surface area contributed by atoms with E-state index >= 15 is 0 Å². The Morgan fingerprint density at radius 2 is 1.71 bits per heavy atom. The van der Waals surface area contributed by atoms with E-state index in [0.29, 0.717) is 19.4 Å². The third kappa shape index (κ3) is 4.59. The van der Waals surface area contributed by atoms with Crippen LogP contribution in [0.1, 0.15) is 28.8 Å². The number of amides is 1. The van der Waals surface area contributed by atoms with Crippen LogP contribution in [-0.4, -0.2) is 22.4 Å². The molecular formula is C25H26N4OS. The lowest BCUT2D eigenvalue weighted by Crippen LogP contribution is -2.15. The van der Waals surface area contributed by atoms with E-state index in [1.165, 1.54) is 10.4 Å². The molecule has 0 radical (unpaired) electrons. The van der Waals surface area contributed by atoms with E-state index in [1.807, 2.05) is 50.2 Å². The fourth-order valence-electron chi connectivity index (χ4n) is 3.80. The number of para-hydroxylation sites is 1. The summed E-state index contributed by atoms with van der Waals surface area (Å²) in [5, 5.41) is 7.53. The minimum atomic E-state index is 0.0309. The minimum absolute atomic E-state index is 0.0309. The number of hydrogen-bond donors (Lipinski definition) is 2. The highest BCUT2D eigenvalue weighted by atomic mass is 32.1. The van der Waals surface area contributed by atoms with Crippen molar-refractivity contribution in [3.8, 4) is 11.1 Å². The van der Waals surface area contributed by atoms with E-state index in [2.05, 4.69) is 39.7 Å². The molecule has 158 valence electrons. The number of carbonyl (C=O) groups is 1. The molecular weight excluding hydrogens is 404 g/mol. The zero-order valence-electron chi connectivity index (χ0n) is 18.0. The van der Waals surface area contributed by atoms with Gasteiger partial charge in [0.2, 0.25) is 5.91 Å². The standard InChI is InChI=1S/C25H26N4OS/c1-16-9-7-10-17(2)23(16)29-20(30)13-8-14-26-24-22-21(19-11-5-4-6-12-19)18(3)31-25(22)28-15-27-24/h4-7,9-12,15H,8,13-14H2,1-3H3,(H,29,30)(H,26,27,28). The van der Waals surface area contributed by atoms with E-state index in [0.717, 1.165) is 38.4 Å². The van der Waals surface area contributed by atoms with E-state index in [-0.39, 0.29) is 5.91 Å². The second-order valence-electron chi connectivity index (χ2n) is 7.65. The Labute approximate surface area is 186 Å². The maximum absolute atomic E-state index is 12.4. The van der Waals surface area contributed by atoms with Crippen molar-refractivity contribution in [3.63, 3.8) is 0 Å². The van der Waals surface area contributed by atoms with Crippen LogP contribution in [0.2, 0.25) is 0 Å². The Morgan fingerprint density at radius 1 is 0.968 bits per heavy atom. The van der Waals surface area contributed by atoms with E-state index < -0.39 is 0 Å². The highest BCUT2D eigenvalue weighted by Crippen LogP contribution is 2.40. The fraction of sp³-hybridized carbons (Fsp3) is 0.240. The molecule has 4 aromatic rings. The molecule has 0 atom stereocenters. The molecule has 0 fully saturated rings. The number of hydrogen-bond acceptors (Lipinski definition) is 5. The molecule has 2 aromatic carbocycles. The maximum Gasteiger partial charge on any atom is 0.224 e. The van der Waals surface area contributed by atoms with Crippen LogP contribution in [0.5, 0.6) is 0 Å². The van der Waals surface area contributed by atoms with Crippen molar-refractivity contribution >= 4 is 39.0 Å². The fourth-order valence-corrected chi connectivity index (χ4v) is 4.81. The summed E-state index contributed by atoms with van der Waals surface area (Å²) >= 11 is 1.68. The first-order valence-corrected chi connectivity index (χ1v) is 11.3. The minimum Gasteiger partial charge on any atom is -0.369 e. The van der Waals surface area contributed by atoms with Crippen LogP contribution in [0.4, 0.5) is 11.5 Å². The molecule has 0 saturated carbocycles. The Kier molecular flexibility index (Phi) is 6.28. The average molecular weight is 431 g/mol. The van der Waals surface area contributed by atoms with Gasteiger partial charge < -0.3 is 10.6 Å². The van der Waals surface area contributed by atoms with Gasteiger partial charge in [0, 0.05) is 29.1 Å². The summed E-state index contributed by atoms with van der Waals surface area (Å²) in [5.74, 6) is 0.853. The predicted molar refractivity (Wildman–Crippen MR) is 130 cm³/mol. The summed E-state index contributed by atoms with van der Waals surface area (Å²) in [7, 11) is 0. The molecule has 1 amide bonds. The van der Waals surface area contributed by atoms with Gasteiger partial charge >= 0.3 is 0 Å². The second kappa shape index (κ2) is 9.27. The first-order valence-electron chi connectivity index (χ1n) is 10.4. The summed E-state index contributed by atoms with van der Waals surface area (Å²) in [6, 6.07) is 16.4. The number of nitrogens with zero attached hydrogens (tertiary/aromatic N) is 2. The van der Waals surface area contributed by atoms with Crippen molar-refractivity contribution in [1.82, 2.24) is 9.97 Å². The maximum atomic E-state index is 12.4. The van der Waals surface area contributed by atoms with Crippen LogP contribution < -0.4 is 10.6 Å². The van der Waals surface area contributed by atoms with Crippen molar-refractivity contribution in [2.75, 3.05) is 17.2 Å². The lowest BCUT2D eigenvalue weighted by atomic mass is 10.0. The van der Waals surface area contributed by atoms with Gasteiger partial charge in [0.05, 0.1) is 5.39 Å². The molecule has 0 spiro atoms. The number of fused-ring (bicyclic) bond motifs is 1. The molecule has 2 aromatic heterocycles. The summed E-state index contributed by atoms with van der Waals surface area (Å²) < 4.78 is 0. The largest absolute Gasteiger partial charge is 0.369 e. The van der Waals surface area contributed by atoms with E-state index in [4.69, 9.17) is 0 Å². The number of aromatic nitrogens is 2. The molecule has 2 N–H and O–H groups in total. The number of anilines is 2. The number of carbonyl (C=O) groups excluding carboxylic acids is 1. The molecule has 31 heavy (non-hydrogen) atoms. The van der Waals surface area contributed by atoms with E-state index in [1.54, 1.807) is 17.7 Å². The molecule has 4 rings (SSSR count). The topological polar surface area (TPSA) is 66.9 Å². The van der Waals surface area contributed by atoms with Crippen molar-refractivity contribution in [1.29, 1.82) is 0 Å². The van der Waals surface area contributed by atoms with Crippen molar-refractivity contribution in [2.45, 2.75) is 33.6 Å². The normalized spacial score (nSPS) is 10.9. The zero-order valence-corrected chi connectivity index (χ0v) is 18.8. The lowest BCUT2D eigenvalue weighted by Gasteiger charge is -2.12. The molecule has 0 saturated heterocycles. The van der Waals surface area contributed by atoms with Gasteiger partial charge in [-0.3, -0.25) is 4.79 Å². The highest BCUT2D eigenvalue weighted by molar-refractivity contribution is 7.19. The number of nitrogens with one attached hydrogen (secondary N) is 2. The smallest absolute Gasteiger partial charge is 0.224 e. The number of rotatable bonds is 7. The van der Waals surface area contributed by atoms with Gasteiger partial charge in [-0.25, -0.2) is 9.97 Å². The first kappa shape index (κ1) is 21.0. The quantitative estimate of drug-likeness (QED) is 0.347. The van der Waals surface area contributed by atoms with Gasteiger partial charge in [-0.2, -0.15) is 0 Å². The van der Waals surface area contributed by atoms with Crippen LogP contribution in [0, 0.1) is 20.8 Å². The molecule has 2 heterocycles. The van der Waals surface area contributed by atoms with Crippen LogP contribution >= 0.6 is 11.3 Å². The molecule has 5 nitrogen and oxygen atoms in total. The van der Waals surface area contributed by atoms with Gasteiger partial charge in [-0.1, -0.05) is 48.5 Å². The number of thiophene rings is 1. The SMILES string of the molecule is Cc1cccc(C)c1NC(=O)CCCNc1ncnc2sc(C)c(-c3ccccc3)c12. The van der Waals surface area contributed by atoms with Gasteiger partial charge in [-0.15, -0.1) is 11.3 Å². The van der Waals surface area contributed by atoms with Crippen LogP contribution in [0.3, 0.4) is 0 Å². The summed E-state index contributed by atoms with van der Waals surface area (Å²) in [6.45, 7) is 6.81. The summed E-state index contributed by atoms with van der Waals surface area (Å²) in [5.41, 5.74) is 5.42. The lowest BCUT2D eigenvalue weighted by molar-refractivity contribution is -0.116. The monoisotopic (exact) mass is 430 g/mol. The third-order valence-corrected chi connectivity index (χ3v) is 6.36. The van der Waals surface area contributed by atoms with Gasteiger partial charge in [-0.05, 0) is 43.9 Å². The Morgan fingerprint density at radius 3 is 2.45 bits per heavy atom. The van der Waals surface area contributed by atoms with Crippen LogP contribution in [0.25, 0.3) is 21.3 Å². The average Bonchev–Trinajstić information content (AvgIpc) is 3.11.